The maximum absolute atomic E-state index is 10.8. The van der Waals surface area contributed by atoms with Gasteiger partial charge in [0, 0.05) is 27.6 Å². The van der Waals surface area contributed by atoms with Crippen molar-refractivity contribution in [2.75, 3.05) is 0 Å². The Kier molecular flexibility index (Phi) is 5.60. The fourth-order valence-electron chi connectivity index (χ4n) is 2.65. The van der Waals surface area contributed by atoms with Crippen LogP contribution in [0.5, 0.6) is 11.5 Å². The molecule has 0 aliphatic carbocycles. The molecule has 9 heteroatoms. The van der Waals surface area contributed by atoms with Crippen molar-refractivity contribution in [3.63, 3.8) is 0 Å². The molecule has 0 spiro atoms. The lowest BCUT2D eigenvalue weighted by Crippen LogP contribution is -1.98. The van der Waals surface area contributed by atoms with Crippen LogP contribution >= 0.6 is 15.9 Å². The number of hydrogen-bond acceptors (Lipinski definition) is 6. The second kappa shape index (κ2) is 8.11. The number of aromatic carboxylic acids is 2. The highest BCUT2D eigenvalue weighted by Gasteiger charge is 2.16. The van der Waals surface area contributed by atoms with Gasteiger partial charge < -0.3 is 20.4 Å². The van der Waals surface area contributed by atoms with Crippen LogP contribution in [0, 0.1) is 0 Å². The standard InChI is InChI=1S/C10H6BrNO3.C10H7NO3/c11-7-4-6(10(14)15)9(13)8-5(7)2-1-3-12-8;12-9-7(10(13)14)4-3-6-2-1-5-11-8(6)9/h1-4,13H,(H,14,15);1-5,12H,(H,13,14). The molecular weight excluding hydrogens is 444 g/mol. The summed E-state index contributed by atoms with van der Waals surface area (Å²) in [6.07, 6.45) is 3.01. The van der Waals surface area contributed by atoms with Gasteiger partial charge in [-0.25, -0.2) is 9.59 Å². The Hall–Kier alpha value is -3.72. The van der Waals surface area contributed by atoms with Crippen LogP contribution in [-0.2, 0) is 0 Å². The molecular formula is C20H13BrN2O6. The first kappa shape index (κ1) is 20.0. The quantitative estimate of drug-likeness (QED) is 0.354. The van der Waals surface area contributed by atoms with E-state index in [0.29, 0.717) is 15.4 Å². The zero-order valence-electron chi connectivity index (χ0n) is 14.6. The minimum absolute atomic E-state index is 0.129. The van der Waals surface area contributed by atoms with Gasteiger partial charge >= 0.3 is 11.9 Å². The van der Waals surface area contributed by atoms with Crippen LogP contribution in [0.1, 0.15) is 20.7 Å². The van der Waals surface area contributed by atoms with Gasteiger partial charge in [0.15, 0.2) is 11.5 Å². The maximum Gasteiger partial charge on any atom is 0.339 e. The molecule has 0 amide bonds. The summed E-state index contributed by atoms with van der Waals surface area (Å²) in [5.74, 6) is -2.92. The molecule has 0 saturated carbocycles. The lowest BCUT2D eigenvalue weighted by Gasteiger charge is -2.05. The fourth-order valence-corrected chi connectivity index (χ4v) is 3.20. The molecule has 0 radical (unpaired) electrons. The number of hydrogen-bond donors (Lipinski definition) is 4. The molecule has 4 aromatic rings. The summed E-state index contributed by atoms with van der Waals surface area (Å²) in [6.45, 7) is 0. The number of rotatable bonds is 2. The average Bonchev–Trinajstić information content (AvgIpc) is 2.71. The largest absolute Gasteiger partial charge is 0.505 e. The third-order valence-corrected chi connectivity index (χ3v) is 4.68. The van der Waals surface area contributed by atoms with E-state index in [1.807, 2.05) is 0 Å². The van der Waals surface area contributed by atoms with Crippen LogP contribution in [0.3, 0.4) is 0 Å². The molecule has 29 heavy (non-hydrogen) atoms. The Morgan fingerprint density at radius 2 is 1.38 bits per heavy atom. The number of carboxylic acids is 2. The Labute approximate surface area is 171 Å². The predicted octanol–water partition coefficient (Wildman–Crippen LogP) is 4.04. The van der Waals surface area contributed by atoms with Crippen LogP contribution < -0.4 is 0 Å². The lowest BCUT2D eigenvalue weighted by atomic mass is 10.1. The number of aromatic nitrogens is 2. The topological polar surface area (TPSA) is 141 Å². The number of aromatic hydroxyl groups is 2. The first-order valence-corrected chi connectivity index (χ1v) is 8.90. The molecule has 4 N–H and O–H groups in total. The Bertz CT molecular complexity index is 1260. The molecule has 146 valence electrons. The van der Waals surface area contributed by atoms with Gasteiger partial charge in [0.25, 0.3) is 0 Å². The molecule has 0 bridgehead atoms. The summed E-state index contributed by atoms with van der Waals surface area (Å²) >= 11 is 3.24. The zero-order chi connectivity index (χ0) is 21.1. The van der Waals surface area contributed by atoms with Crippen LogP contribution in [0.25, 0.3) is 21.8 Å². The van der Waals surface area contributed by atoms with Crippen molar-refractivity contribution in [3.8, 4) is 11.5 Å². The normalized spacial score (nSPS) is 10.4. The summed E-state index contributed by atoms with van der Waals surface area (Å²) in [6, 6.07) is 11.3. The average molecular weight is 457 g/mol. The van der Waals surface area contributed by atoms with Crippen molar-refractivity contribution in [3.05, 3.63) is 70.5 Å². The number of phenols is 2. The molecule has 2 aromatic heterocycles. The molecule has 0 atom stereocenters. The van der Waals surface area contributed by atoms with E-state index in [0.717, 1.165) is 5.39 Å². The van der Waals surface area contributed by atoms with Crippen molar-refractivity contribution in [1.29, 1.82) is 0 Å². The highest BCUT2D eigenvalue weighted by molar-refractivity contribution is 9.10. The van der Waals surface area contributed by atoms with Gasteiger partial charge in [-0.1, -0.05) is 34.1 Å². The Balaban J connectivity index is 0.000000166. The molecule has 0 saturated heterocycles. The zero-order valence-corrected chi connectivity index (χ0v) is 16.2. The summed E-state index contributed by atoms with van der Waals surface area (Å²) in [5, 5.41) is 38.2. The predicted molar refractivity (Wildman–Crippen MR) is 108 cm³/mol. The lowest BCUT2D eigenvalue weighted by molar-refractivity contribution is 0.0682. The number of nitrogens with zero attached hydrogens (tertiary/aromatic N) is 2. The summed E-state index contributed by atoms with van der Waals surface area (Å²) in [7, 11) is 0. The van der Waals surface area contributed by atoms with Gasteiger partial charge in [0.05, 0.1) is 0 Å². The monoisotopic (exact) mass is 456 g/mol. The van der Waals surface area contributed by atoms with Crippen molar-refractivity contribution >= 4 is 49.7 Å². The third kappa shape index (κ3) is 3.94. The number of carbonyl (C=O) groups is 2. The molecule has 0 fully saturated rings. The summed E-state index contributed by atoms with van der Waals surface area (Å²) in [4.78, 5) is 29.3. The maximum atomic E-state index is 10.8. The molecule has 2 aromatic carbocycles. The van der Waals surface area contributed by atoms with Crippen molar-refractivity contribution in [2.45, 2.75) is 0 Å². The van der Waals surface area contributed by atoms with Crippen molar-refractivity contribution in [2.24, 2.45) is 0 Å². The van der Waals surface area contributed by atoms with Crippen molar-refractivity contribution in [1.82, 2.24) is 9.97 Å². The molecule has 0 unspecified atom stereocenters. The number of carboxylic acid groups (broad SMARTS) is 2. The number of pyridine rings is 2. The Morgan fingerprint density at radius 1 is 0.793 bits per heavy atom. The fraction of sp³-hybridized carbons (Fsp3) is 0. The number of benzene rings is 2. The molecule has 0 aliphatic rings. The smallest absolute Gasteiger partial charge is 0.339 e. The van der Waals surface area contributed by atoms with Gasteiger partial charge in [-0.05, 0) is 24.3 Å². The van der Waals surface area contributed by atoms with Gasteiger partial charge in [0.1, 0.15) is 22.2 Å². The minimum atomic E-state index is -1.18. The second-order valence-electron chi connectivity index (χ2n) is 5.80. The van der Waals surface area contributed by atoms with E-state index >= 15 is 0 Å². The van der Waals surface area contributed by atoms with E-state index in [2.05, 4.69) is 25.9 Å². The minimum Gasteiger partial charge on any atom is -0.505 e. The highest BCUT2D eigenvalue weighted by Crippen LogP contribution is 2.32. The summed E-state index contributed by atoms with van der Waals surface area (Å²) < 4.78 is 0.598. The van der Waals surface area contributed by atoms with E-state index in [4.69, 9.17) is 10.2 Å². The Morgan fingerprint density at radius 3 is 2.03 bits per heavy atom. The van der Waals surface area contributed by atoms with Crippen LogP contribution in [0.15, 0.2) is 59.3 Å². The second-order valence-corrected chi connectivity index (χ2v) is 6.66. The van der Waals surface area contributed by atoms with Gasteiger partial charge in [-0.15, -0.1) is 0 Å². The highest BCUT2D eigenvalue weighted by atomic mass is 79.9. The molecule has 0 aliphatic heterocycles. The van der Waals surface area contributed by atoms with Gasteiger partial charge in [-0.3, -0.25) is 9.97 Å². The first-order chi connectivity index (χ1) is 13.8. The number of halogens is 1. The van der Waals surface area contributed by atoms with Crippen LogP contribution in [0.4, 0.5) is 0 Å². The van der Waals surface area contributed by atoms with Crippen molar-refractivity contribution < 1.29 is 30.0 Å². The third-order valence-electron chi connectivity index (χ3n) is 4.02. The van der Waals surface area contributed by atoms with E-state index in [1.54, 1.807) is 30.3 Å². The van der Waals surface area contributed by atoms with Crippen LogP contribution in [-0.4, -0.2) is 42.3 Å². The summed E-state index contributed by atoms with van der Waals surface area (Å²) in [5.41, 5.74) is 0.306. The van der Waals surface area contributed by atoms with Gasteiger partial charge in [-0.2, -0.15) is 0 Å². The van der Waals surface area contributed by atoms with Crippen LogP contribution in [0.2, 0.25) is 0 Å². The first-order valence-electron chi connectivity index (χ1n) is 8.10. The number of fused-ring (bicyclic) bond motifs is 2. The van der Waals surface area contributed by atoms with E-state index in [1.165, 1.54) is 24.5 Å². The molecule has 4 rings (SSSR count). The van der Waals surface area contributed by atoms with E-state index < -0.39 is 11.9 Å². The SMILES string of the molecule is O=C(O)c1cc(Br)c2cccnc2c1O.O=C(O)c1ccc2cccnc2c1O. The van der Waals surface area contributed by atoms with E-state index in [-0.39, 0.29) is 28.1 Å². The molecule has 8 nitrogen and oxygen atoms in total. The molecule has 2 heterocycles. The van der Waals surface area contributed by atoms with Gasteiger partial charge in [0.2, 0.25) is 0 Å². The van der Waals surface area contributed by atoms with E-state index in [9.17, 15) is 19.8 Å².